The number of thioether (sulfide) groups is 1. The minimum absolute atomic E-state index is 0.429. The van der Waals surface area contributed by atoms with Crippen molar-refractivity contribution in [1.29, 1.82) is 0 Å². The SMILES string of the molecule is COCc1cc(Cl)nc(-c2ccc(SC)cc2)n1. The number of hydrogen-bond acceptors (Lipinski definition) is 4. The number of benzene rings is 1. The van der Waals surface area contributed by atoms with Crippen LogP contribution in [0.5, 0.6) is 0 Å². The molecule has 18 heavy (non-hydrogen) atoms. The van der Waals surface area contributed by atoms with Crippen molar-refractivity contribution in [1.82, 2.24) is 9.97 Å². The fourth-order valence-electron chi connectivity index (χ4n) is 1.56. The van der Waals surface area contributed by atoms with Gasteiger partial charge >= 0.3 is 0 Å². The summed E-state index contributed by atoms with van der Waals surface area (Å²) in [5.74, 6) is 0.627. The van der Waals surface area contributed by atoms with Crippen molar-refractivity contribution in [3.8, 4) is 11.4 Å². The first-order valence-electron chi connectivity index (χ1n) is 5.39. The fourth-order valence-corrected chi connectivity index (χ4v) is 2.17. The monoisotopic (exact) mass is 280 g/mol. The van der Waals surface area contributed by atoms with Gasteiger partial charge in [0.15, 0.2) is 5.82 Å². The summed E-state index contributed by atoms with van der Waals surface area (Å²) < 4.78 is 5.06. The van der Waals surface area contributed by atoms with Crippen molar-refractivity contribution < 1.29 is 4.74 Å². The van der Waals surface area contributed by atoms with E-state index in [1.807, 2.05) is 30.5 Å². The first-order valence-corrected chi connectivity index (χ1v) is 7.00. The molecule has 0 N–H and O–H groups in total. The van der Waals surface area contributed by atoms with Gasteiger partial charge in [0.1, 0.15) is 5.15 Å². The lowest BCUT2D eigenvalue weighted by Gasteiger charge is -2.05. The molecule has 3 nitrogen and oxygen atoms in total. The highest BCUT2D eigenvalue weighted by Gasteiger charge is 2.06. The van der Waals surface area contributed by atoms with E-state index in [4.69, 9.17) is 16.3 Å². The maximum absolute atomic E-state index is 5.98. The second-order valence-electron chi connectivity index (χ2n) is 3.67. The van der Waals surface area contributed by atoms with Crippen LogP contribution in [0.4, 0.5) is 0 Å². The number of rotatable bonds is 4. The number of methoxy groups -OCH3 is 1. The molecule has 0 saturated heterocycles. The van der Waals surface area contributed by atoms with Crippen molar-refractivity contribution in [2.45, 2.75) is 11.5 Å². The first-order chi connectivity index (χ1) is 8.72. The van der Waals surface area contributed by atoms with E-state index < -0.39 is 0 Å². The van der Waals surface area contributed by atoms with E-state index in [2.05, 4.69) is 9.97 Å². The van der Waals surface area contributed by atoms with Gasteiger partial charge in [-0.25, -0.2) is 9.97 Å². The van der Waals surface area contributed by atoms with Crippen molar-refractivity contribution in [3.05, 3.63) is 41.2 Å². The van der Waals surface area contributed by atoms with Crippen molar-refractivity contribution in [2.24, 2.45) is 0 Å². The van der Waals surface area contributed by atoms with E-state index in [1.54, 1.807) is 24.9 Å². The Morgan fingerprint density at radius 2 is 1.94 bits per heavy atom. The topological polar surface area (TPSA) is 35.0 Å². The molecule has 1 aromatic heterocycles. The minimum atomic E-state index is 0.429. The van der Waals surface area contributed by atoms with E-state index >= 15 is 0 Å². The van der Waals surface area contributed by atoms with Gasteiger partial charge in [0.05, 0.1) is 12.3 Å². The van der Waals surface area contributed by atoms with Crippen LogP contribution >= 0.6 is 23.4 Å². The van der Waals surface area contributed by atoms with Gasteiger partial charge in [0.25, 0.3) is 0 Å². The molecule has 0 spiro atoms. The van der Waals surface area contributed by atoms with Gasteiger partial charge < -0.3 is 4.74 Å². The highest BCUT2D eigenvalue weighted by Crippen LogP contribution is 2.22. The summed E-state index contributed by atoms with van der Waals surface area (Å²) in [4.78, 5) is 9.86. The number of ether oxygens (including phenoxy) is 1. The van der Waals surface area contributed by atoms with Crippen LogP contribution in [0, 0.1) is 0 Å². The quantitative estimate of drug-likeness (QED) is 0.632. The molecule has 0 aliphatic carbocycles. The van der Waals surface area contributed by atoms with Gasteiger partial charge in [0.2, 0.25) is 0 Å². The van der Waals surface area contributed by atoms with Gasteiger partial charge in [-0.1, -0.05) is 23.7 Å². The second kappa shape index (κ2) is 6.18. The van der Waals surface area contributed by atoms with Crippen LogP contribution in [0.2, 0.25) is 5.15 Å². The van der Waals surface area contributed by atoms with Gasteiger partial charge in [-0.05, 0) is 24.5 Å². The van der Waals surface area contributed by atoms with E-state index in [-0.39, 0.29) is 0 Å². The zero-order valence-corrected chi connectivity index (χ0v) is 11.8. The molecule has 0 bridgehead atoms. The lowest BCUT2D eigenvalue weighted by Crippen LogP contribution is -1.97. The molecule has 0 unspecified atom stereocenters. The summed E-state index contributed by atoms with van der Waals surface area (Å²) in [5, 5.41) is 0.431. The van der Waals surface area contributed by atoms with Crippen molar-refractivity contribution in [3.63, 3.8) is 0 Å². The van der Waals surface area contributed by atoms with Crippen LogP contribution in [-0.4, -0.2) is 23.3 Å². The number of hydrogen-bond donors (Lipinski definition) is 0. The van der Waals surface area contributed by atoms with Gasteiger partial charge in [-0.2, -0.15) is 0 Å². The third-order valence-corrected chi connectivity index (χ3v) is 3.33. The average Bonchev–Trinajstić information content (AvgIpc) is 2.38. The molecule has 2 aromatic rings. The second-order valence-corrected chi connectivity index (χ2v) is 4.93. The molecule has 5 heteroatoms. The summed E-state index contributed by atoms with van der Waals surface area (Å²) >= 11 is 7.68. The Morgan fingerprint density at radius 3 is 2.56 bits per heavy atom. The Morgan fingerprint density at radius 1 is 1.22 bits per heavy atom. The molecule has 1 heterocycles. The lowest BCUT2D eigenvalue weighted by molar-refractivity contribution is 0.181. The lowest BCUT2D eigenvalue weighted by atomic mass is 10.2. The molecular weight excluding hydrogens is 268 g/mol. The Kier molecular flexibility index (Phi) is 4.58. The highest BCUT2D eigenvalue weighted by molar-refractivity contribution is 7.98. The third kappa shape index (κ3) is 3.22. The van der Waals surface area contributed by atoms with E-state index in [0.29, 0.717) is 17.6 Å². The van der Waals surface area contributed by atoms with Crippen LogP contribution in [0.1, 0.15) is 5.69 Å². The highest BCUT2D eigenvalue weighted by atomic mass is 35.5. The Balaban J connectivity index is 2.36. The summed E-state index contributed by atoms with van der Waals surface area (Å²) in [5.41, 5.74) is 1.73. The van der Waals surface area contributed by atoms with Crippen molar-refractivity contribution >= 4 is 23.4 Å². The van der Waals surface area contributed by atoms with Gasteiger partial charge in [0, 0.05) is 17.6 Å². The molecular formula is C13H13ClN2OS. The zero-order valence-electron chi connectivity index (χ0n) is 10.2. The maximum Gasteiger partial charge on any atom is 0.161 e. The minimum Gasteiger partial charge on any atom is -0.378 e. The molecule has 0 aliphatic heterocycles. The largest absolute Gasteiger partial charge is 0.378 e. The Hall–Kier alpha value is -1.10. The molecule has 94 valence electrons. The molecule has 0 fully saturated rings. The van der Waals surface area contributed by atoms with Crippen molar-refractivity contribution in [2.75, 3.05) is 13.4 Å². The summed E-state index contributed by atoms with van der Waals surface area (Å²) in [6, 6.07) is 9.79. The van der Waals surface area contributed by atoms with E-state index in [1.165, 1.54) is 4.90 Å². The molecule has 0 atom stereocenters. The first kappa shape index (κ1) is 13.3. The molecule has 0 aliphatic rings. The molecule has 1 aromatic carbocycles. The Labute approximate surface area is 116 Å². The molecule has 0 saturated carbocycles. The summed E-state index contributed by atoms with van der Waals surface area (Å²) in [6.07, 6.45) is 2.04. The third-order valence-electron chi connectivity index (χ3n) is 2.39. The van der Waals surface area contributed by atoms with Crippen LogP contribution < -0.4 is 0 Å². The number of nitrogens with zero attached hydrogens (tertiary/aromatic N) is 2. The number of halogens is 1. The van der Waals surface area contributed by atoms with Crippen LogP contribution in [-0.2, 0) is 11.3 Å². The number of aromatic nitrogens is 2. The fraction of sp³-hybridized carbons (Fsp3) is 0.231. The molecule has 2 rings (SSSR count). The van der Waals surface area contributed by atoms with E-state index in [0.717, 1.165) is 11.3 Å². The van der Waals surface area contributed by atoms with Crippen LogP contribution in [0.15, 0.2) is 35.2 Å². The van der Waals surface area contributed by atoms with Crippen LogP contribution in [0.3, 0.4) is 0 Å². The standard InChI is InChI=1S/C13H13ClN2OS/c1-17-8-10-7-12(14)16-13(15-10)9-3-5-11(18-2)6-4-9/h3-7H,8H2,1-2H3. The van der Waals surface area contributed by atoms with Gasteiger partial charge in [-0.3, -0.25) is 0 Å². The predicted molar refractivity (Wildman–Crippen MR) is 75.0 cm³/mol. The van der Waals surface area contributed by atoms with Crippen LogP contribution in [0.25, 0.3) is 11.4 Å². The average molecular weight is 281 g/mol. The molecule has 0 radical (unpaired) electrons. The molecule has 0 amide bonds. The maximum atomic E-state index is 5.98. The normalized spacial score (nSPS) is 10.6. The summed E-state index contributed by atoms with van der Waals surface area (Å²) in [7, 11) is 1.63. The predicted octanol–water partition coefficient (Wildman–Crippen LogP) is 3.67. The summed E-state index contributed by atoms with van der Waals surface area (Å²) in [6.45, 7) is 0.429. The van der Waals surface area contributed by atoms with Gasteiger partial charge in [-0.15, -0.1) is 11.8 Å². The van der Waals surface area contributed by atoms with E-state index in [9.17, 15) is 0 Å². The smallest absolute Gasteiger partial charge is 0.161 e. The Bertz CT molecular complexity index is 531. The zero-order chi connectivity index (χ0) is 13.0.